The minimum Gasteiger partial charge on any atom is -0.341 e. The summed E-state index contributed by atoms with van der Waals surface area (Å²) in [5.74, 6) is 1.39. The van der Waals surface area contributed by atoms with Crippen molar-refractivity contribution in [1.29, 1.82) is 0 Å². The van der Waals surface area contributed by atoms with Crippen LogP contribution in [0.2, 0.25) is 0 Å². The molecule has 160 valence electrons. The highest BCUT2D eigenvalue weighted by Gasteiger charge is 2.28. The van der Waals surface area contributed by atoms with Gasteiger partial charge in [0.15, 0.2) is 0 Å². The average Bonchev–Trinajstić information content (AvgIpc) is 2.68. The first-order chi connectivity index (χ1) is 13.8. The summed E-state index contributed by atoms with van der Waals surface area (Å²) in [6.45, 7) is 11.4. The molecule has 2 aliphatic rings. The van der Waals surface area contributed by atoms with Crippen LogP contribution < -0.4 is 5.32 Å². The molecule has 3 unspecified atom stereocenters. The van der Waals surface area contributed by atoms with Gasteiger partial charge in [-0.1, -0.05) is 41.9 Å². The molecule has 0 spiro atoms. The van der Waals surface area contributed by atoms with E-state index < -0.39 is 0 Å². The molecule has 0 aromatic heterocycles. The van der Waals surface area contributed by atoms with E-state index in [4.69, 9.17) is 0 Å². The fourth-order valence-electron chi connectivity index (χ4n) is 4.38. The highest BCUT2D eigenvalue weighted by atomic mass is 79.9. The fourth-order valence-corrected chi connectivity index (χ4v) is 4.64. The summed E-state index contributed by atoms with van der Waals surface area (Å²) >= 11 is 3.43. The number of rotatable bonds is 4. The van der Waals surface area contributed by atoms with Crippen molar-refractivity contribution < 1.29 is 9.59 Å². The van der Waals surface area contributed by atoms with Gasteiger partial charge in [-0.15, -0.1) is 0 Å². The summed E-state index contributed by atoms with van der Waals surface area (Å²) in [5.41, 5.74) is 1.08. The van der Waals surface area contributed by atoms with Gasteiger partial charge in [0.2, 0.25) is 5.91 Å². The van der Waals surface area contributed by atoms with Crippen molar-refractivity contribution in [3.05, 3.63) is 34.3 Å². The predicted molar refractivity (Wildman–Crippen MR) is 119 cm³/mol. The molecule has 2 aliphatic heterocycles. The van der Waals surface area contributed by atoms with Crippen LogP contribution in [0.4, 0.5) is 4.79 Å². The Kier molecular flexibility index (Phi) is 7.57. The number of carbonyl (C=O) groups excluding carboxylic acids is 2. The molecular formula is C22H33BrN4O2. The number of benzene rings is 1. The van der Waals surface area contributed by atoms with Crippen molar-refractivity contribution >= 4 is 27.9 Å². The first-order valence-corrected chi connectivity index (χ1v) is 11.4. The molecule has 0 aliphatic carbocycles. The third kappa shape index (κ3) is 6.19. The number of nitrogens with one attached hydrogen (secondary N) is 1. The lowest BCUT2D eigenvalue weighted by Crippen LogP contribution is -2.54. The van der Waals surface area contributed by atoms with Crippen LogP contribution in [0.5, 0.6) is 0 Å². The summed E-state index contributed by atoms with van der Waals surface area (Å²) in [6, 6.07) is 7.92. The Labute approximate surface area is 182 Å². The topological polar surface area (TPSA) is 55.9 Å². The Morgan fingerprint density at radius 1 is 1.03 bits per heavy atom. The van der Waals surface area contributed by atoms with Gasteiger partial charge in [-0.25, -0.2) is 4.79 Å². The maximum Gasteiger partial charge on any atom is 0.317 e. The van der Waals surface area contributed by atoms with Crippen molar-refractivity contribution in [3.8, 4) is 0 Å². The largest absolute Gasteiger partial charge is 0.341 e. The molecule has 0 bridgehead atoms. The van der Waals surface area contributed by atoms with Gasteiger partial charge in [-0.3, -0.25) is 9.69 Å². The monoisotopic (exact) mass is 464 g/mol. The smallest absolute Gasteiger partial charge is 0.317 e. The number of halogens is 1. The van der Waals surface area contributed by atoms with Gasteiger partial charge in [-0.05, 0) is 42.9 Å². The Morgan fingerprint density at radius 2 is 1.62 bits per heavy atom. The standard InChI is InChI=1S/C22H33BrN4O2/c1-16-12-17(2)14-27(13-16)21(28)15-25-8-10-26(11-9-25)22(29)24-18(3)19-4-6-20(23)7-5-19/h4-7,16-18H,8-15H2,1-3H3,(H,24,29). The number of piperazine rings is 1. The highest BCUT2D eigenvalue weighted by Crippen LogP contribution is 2.21. The van der Waals surface area contributed by atoms with Crippen molar-refractivity contribution in [2.24, 2.45) is 11.8 Å². The molecule has 2 fully saturated rings. The van der Waals surface area contributed by atoms with Gasteiger partial charge in [0.1, 0.15) is 0 Å². The maximum atomic E-state index is 12.7. The molecule has 1 aromatic rings. The lowest BCUT2D eigenvalue weighted by molar-refractivity contribution is -0.135. The normalized spacial score (nSPS) is 24.3. The van der Waals surface area contributed by atoms with Crippen LogP contribution in [-0.4, -0.2) is 72.5 Å². The first kappa shape index (κ1) is 22.1. The number of nitrogens with zero attached hydrogens (tertiary/aromatic N) is 3. The lowest BCUT2D eigenvalue weighted by Gasteiger charge is -2.38. The third-order valence-electron chi connectivity index (χ3n) is 5.95. The third-order valence-corrected chi connectivity index (χ3v) is 6.48. The quantitative estimate of drug-likeness (QED) is 0.742. The van der Waals surface area contributed by atoms with Crippen LogP contribution in [0, 0.1) is 11.8 Å². The molecule has 2 heterocycles. The summed E-state index contributed by atoms with van der Waals surface area (Å²) in [7, 11) is 0. The Morgan fingerprint density at radius 3 is 2.21 bits per heavy atom. The van der Waals surface area contributed by atoms with E-state index in [0.29, 0.717) is 31.5 Å². The van der Waals surface area contributed by atoms with Gasteiger partial charge in [0.05, 0.1) is 12.6 Å². The van der Waals surface area contributed by atoms with E-state index in [2.05, 4.69) is 40.0 Å². The minimum atomic E-state index is -0.0433. The van der Waals surface area contributed by atoms with Crippen molar-refractivity contribution in [2.45, 2.75) is 33.2 Å². The molecule has 3 atom stereocenters. The van der Waals surface area contributed by atoms with E-state index >= 15 is 0 Å². The van der Waals surface area contributed by atoms with Gasteiger partial charge in [0.25, 0.3) is 0 Å². The van der Waals surface area contributed by atoms with Crippen LogP contribution in [0.1, 0.15) is 38.8 Å². The lowest BCUT2D eigenvalue weighted by atomic mass is 9.92. The van der Waals surface area contributed by atoms with Crippen LogP contribution in [0.25, 0.3) is 0 Å². The summed E-state index contributed by atoms with van der Waals surface area (Å²) in [4.78, 5) is 31.3. The number of likely N-dealkylation sites (tertiary alicyclic amines) is 1. The maximum absolute atomic E-state index is 12.7. The second kappa shape index (κ2) is 9.94. The molecule has 1 aromatic carbocycles. The van der Waals surface area contributed by atoms with E-state index in [1.807, 2.05) is 41.0 Å². The predicted octanol–water partition coefficient (Wildman–Crippen LogP) is 3.34. The van der Waals surface area contributed by atoms with E-state index in [-0.39, 0.29) is 18.0 Å². The zero-order valence-corrected chi connectivity index (χ0v) is 19.3. The Hall–Kier alpha value is -1.60. The molecule has 1 N–H and O–H groups in total. The second-order valence-electron chi connectivity index (χ2n) is 8.73. The molecule has 0 radical (unpaired) electrons. The van der Waals surface area contributed by atoms with E-state index in [1.54, 1.807) is 0 Å². The van der Waals surface area contributed by atoms with E-state index in [9.17, 15) is 9.59 Å². The number of hydrogen-bond acceptors (Lipinski definition) is 3. The summed E-state index contributed by atoms with van der Waals surface area (Å²) < 4.78 is 1.03. The van der Waals surface area contributed by atoms with Gasteiger partial charge < -0.3 is 15.1 Å². The number of amides is 3. The van der Waals surface area contributed by atoms with Crippen LogP contribution in [0.15, 0.2) is 28.7 Å². The minimum absolute atomic E-state index is 0.0370. The van der Waals surface area contributed by atoms with Crippen LogP contribution >= 0.6 is 15.9 Å². The molecule has 3 amide bonds. The molecular weight excluding hydrogens is 432 g/mol. The number of hydrogen-bond donors (Lipinski definition) is 1. The number of piperidine rings is 1. The molecule has 29 heavy (non-hydrogen) atoms. The first-order valence-electron chi connectivity index (χ1n) is 10.6. The molecule has 7 heteroatoms. The SMILES string of the molecule is CC1CC(C)CN(C(=O)CN2CCN(C(=O)NC(C)c3ccc(Br)cc3)CC2)C1. The van der Waals surface area contributed by atoms with Crippen LogP contribution in [0.3, 0.4) is 0 Å². The summed E-state index contributed by atoms with van der Waals surface area (Å²) in [6.07, 6.45) is 1.20. The number of carbonyl (C=O) groups is 2. The number of urea groups is 1. The molecule has 6 nitrogen and oxygen atoms in total. The Bertz CT molecular complexity index is 693. The van der Waals surface area contributed by atoms with Crippen LogP contribution in [-0.2, 0) is 4.79 Å². The van der Waals surface area contributed by atoms with E-state index in [0.717, 1.165) is 36.2 Å². The molecule has 2 saturated heterocycles. The van der Waals surface area contributed by atoms with Gasteiger partial charge >= 0.3 is 6.03 Å². The zero-order valence-electron chi connectivity index (χ0n) is 17.7. The van der Waals surface area contributed by atoms with Crippen molar-refractivity contribution in [2.75, 3.05) is 45.8 Å². The van der Waals surface area contributed by atoms with Gasteiger partial charge in [-0.2, -0.15) is 0 Å². The second-order valence-corrected chi connectivity index (χ2v) is 9.65. The highest BCUT2D eigenvalue weighted by molar-refractivity contribution is 9.10. The average molecular weight is 465 g/mol. The molecule has 0 saturated carbocycles. The van der Waals surface area contributed by atoms with Crippen molar-refractivity contribution in [3.63, 3.8) is 0 Å². The van der Waals surface area contributed by atoms with Gasteiger partial charge in [0, 0.05) is 43.7 Å². The van der Waals surface area contributed by atoms with E-state index in [1.165, 1.54) is 6.42 Å². The molecule has 3 rings (SSSR count). The zero-order chi connectivity index (χ0) is 21.0. The summed E-state index contributed by atoms with van der Waals surface area (Å²) in [5, 5.41) is 3.08. The Balaban J connectivity index is 1.43. The fraction of sp³-hybridized carbons (Fsp3) is 0.636. The van der Waals surface area contributed by atoms with Crippen molar-refractivity contribution in [1.82, 2.24) is 20.0 Å².